The molecule has 25 heavy (non-hydrogen) atoms. The Hall–Kier alpha value is -1.93. The molecule has 130 valence electrons. The summed E-state index contributed by atoms with van der Waals surface area (Å²) in [6, 6.07) is 0. The molecule has 8 heteroatoms. The van der Waals surface area contributed by atoms with Crippen LogP contribution >= 0.6 is 22.7 Å². The predicted molar refractivity (Wildman–Crippen MR) is 101 cm³/mol. The predicted octanol–water partition coefficient (Wildman–Crippen LogP) is 4.41. The monoisotopic (exact) mass is 373 g/mol. The summed E-state index contributed by atoms with van der Waals surface area (Å²) in [7, 11) is 0. The summed E-state index contributed by atoms with van der Waals surface area (Å²) in [6.45, 7) is 8.07. The van der Waals surface area contributed by atoms with Gasteiger partial charge in [-0.25, -0.2) is 9.97 Å². The van der Waals surface area contributed by atoms with Gasteiger partial charge in [0.25, 0.3) is 5.91 Å². The molecule has 1 aliphatic rings. The average molecular weight is 374 g/mol. The topological polar surface area (TPSA) is 80.7 Å². The van der Waals surface area contributed by atoms with Crippen molar-refractivity contribution in [1.29, 1.82) is 0 Å². The lowest BCUT2D eigenvalue weighted by atomic mass is 10.1. The van der Waals surface area contributed by atoms with Gasteiger partial charge in [-0.05, 0) is 32.3 Å². The minimum absolute atomic E-state index is 0.153. The number of hydrogen-bond acceptors (Lipinski definition) is 7. The molecule has 0 spiro atoms. The third-order valence-corrected chi connectivity index (χ3v) is 6.62. The highest BCUT2D eigenvalue weighted by molar-refractivity contribution is 7.21. The minimum Gasteiger partial charge on any atom is -0.296 e. The molecule has 1 amide bonds. The molecule has 3 aromatic heterocycles. The minimum atomic E-state index is -0.153. The van der Waals surface area contributed by atoms with Crippen LogP contribution < -0.4 is 5.32 Å². The number of nitrogens with one attached hydrogen (secondary N) is 1. The van der Waals surface area contributed by atoms with Gasteiger partial charge in [0.05, 0.1) is 10.6 Å². The molecule has 1 saturated carbocycles. The first-order valence-corrected chi connectivity index (χ1v) is 9.99. The second kappa shape index (κ2) is 6.10. The number of carbonyl (C=O) groups excluding carboxylic acids is 1. The highest BCUT2D eigenvalue weighted by atomic mass is 32.1. The van der Waals surface area contributed by atoms with Crippen LogP contribution in [0.15, 0.2) is 0 Å². The van der Waals surface area contributed by atoms with E-state index in [9.17, 15) is 4.79 Å². The molecule has 0 atom stereocenters. The number of anilines is 1. The van der Waals surface area contributed by atoms with Crippen LogP contribution in [0, 0.1) is 13.8 Å². The van der Waals surface area contributed by atoms with Gasteiger partial charge in [-0.1, -0.05) is 25.2 Å². The van der Waals surface area contributed by atoms with E-state index in [0.29, 0.717) is 21.8 Å². The van der Waals surface area contributed by atoms with Gasteiger partial charge in [-0.15, -0.1) is 21.5 Å². The van der Waals surface area contributed by atoms with Crippen LogP contribution in [-0.4, -0.2) is 26.1 Å². The number of rotatable bonds is 4. The molecule has 0 aromatic carbocycles. The summed E-state index contributed by atoms with van der Waals surface area (Å²) in [4.78, 5) is 23.6. The van der Waals surface area contributed by atoms with E-state index in [1.807, 2.05) is 13.8 Å². The van der Waals surface area contributed by atoms with E-state index in [4.69, 9.17) is 4.98 Å². The van der Waals surface area contributed by atoms with Crippen LogP contribution in [0.2, 0.25) is 0 Å². The molecule has 6 nitrogen and oxygen atoms in total. The third kappa shape index (κ3) is 3.04. The first-order chi connectivity index (χ1) is 11.9. The van der Waals surface area contributed by atoms with E-state index in [0.717, 1.165) is 45.1 Å². The first-order valence-electron chi connectivity index (χ1n) is 8.36. The zero-order valence-electron chi connectivity index (χ0n) is 14.6. The number of thiophene rings is 1. The van der Waals surface area contributed by atoms with Crippen molar-refractivity contribution in [2.75, 3.05) is 5.32 Å². The molecule has 0 radical (unpaired) electrons. The molecule has 1 N–H and O–H groups in total. The fourth-order valence-electron chi connectivity index (χ4n) is 2.77. The first kappa shape index (κ1) is 16.5. The number of fused-ring (bicyclic) bond motifs is 1. The van der Waals surface area contributed by atoms with E-state index < -0.39 is 0 Å². The molecular formula is C17H19N5OS2. The Bertz CT molecular complexity index is 971. The highest BCUT2D eigenvalue weighted by Gasteiger charge is 2.28. The van der Waals surface area contributed by atoms with Crippen molar-refractivity contribution >= 4 is 43.9 Å². The summed E-state index contributed by atoms with van der Waals surface area (Å²) < 4.78 is 0. The number of aromatic nitrogens is 4. The SMILES string of the molecule is Cc1nc(C2CC2)nc2sc(C(=O)Nc3nnc(C(C)C)s3)c(C)c12. The van der Waals surface area contributed by atoms with Crippen LogP contribution in [0.5, 0.6) is 0 Å². The Kier molecular flexibility index (Phi) is 4.04. The van der Waals surface area contributed by atoms with Crippen LogP contribution in [0.25, 0.3) is 10.2 Å². The van der Waals surface area contributed by atoms with E-state index in [2.05, 4.69) is 34.3 Å². The number of aryl methyl sites for hydroxylation is 2. The van der Waals surface area contributed by atoms with Crippen molar-refractivity contribution in [3.05, 3.63) is 27.0 Å². The lowest BCUT2D eigenvalue weighted by molar-refractivity contribution is 0.103. The van der Waals surface area contributed by atoms with Gasteiger partial charge in [0.1, 0.15) is 15.7 Å². The number of hydrogen-bond donors (Lipinski definition) is 1. The van der Waals surface area contributed by atoms with Crippen molar-refractivity contribution in [2.45, 2.75) is 52.4 Å². The quantitative estimate of drug-likeness (QED) is 0.732. The fraction of sp³-hybridized carbons (Fsp3) is 0.471. The number of amides is 1. The van der Waals surface area contributed by atoms with E-state index >= 15 is 0 Å². The van der Waals surface area contributed by atoms with Crippen molar-refractivity contribution in [3.8, 4) is 0 Å². The third-order valence-electron chi connectivity index (χ3n) is 4.29. The molecule has 0 bridgehead atoms. The fourth-order valence-corrected chi connectivity index (χ4v) is 4.65. The lowest BCUT2D eigenvalue weighted by Gasteiger charge is -2.02. The van der Waals surface area contributed by atoms with Crippen LogP contribution in [0.1, 0.15) is 70.3 Å². The van der Waals surface area contributed by atoms with Crippen molar-refractivity contribution in [1.82, 2.24) is 20.2 Å². The lowest BCUT2D eigenvalue weighted by Crippen LogP contribution is -2.11. The smallest absolute Gasteiger partial charge is 0.267 e. The van der Waals surface area contributed by atoms with Gasteiger partial charge >= 0.3 is 0 Å². The normalized spacial score (nSPS) is 14.4. The molecule has 3 heterocycles. The Labute approximate surface area is 153 Å². The molecule has 4 rings (SSSR count). The Morgan fingerprint density at radius 3 is 2.56 bits per heavy atom. The zero-order chi connectivity index (χ0) is 17.7. The maximum Gasteiger partial charge on any atom is 0.267 e. The van der Waals surface area contributed by atoms with Crippen LogP contribution in [0.3, 0.4) is 0 Å². The zero-order valence-corrected chi connectivity index (χ0v) is 16.2. The van der Waals surface area contributed by atoms with Gasteiger partial charge in [-0.2, -0.15) is 0 Å². The second-order valence-corrected chi connectivity index (χ2v) is 8.74. The molecule has 3 aromatic rings. The summed E-state index contributed by atoms with van der Waals surface area (Å²) in [5, 5.41) is 13.5. The second-order valence-electron chi connectivity index (χ2n) is 6.73. The van der Waals surface area contributed by atoms with Crippen molar-refractivity contribution in [2.24, 2.45) is 0 Å². The molecule has 0 unspecified atom stereocenters. The van der Waals surface area contributed by atoms with Crippen molar-refractivity contribution in [3.63, 3.8) is 0 Å². The van der Waals surface area contributed by atoms with E-state index in [1.165, 1.54) is 22.7 Å². The Morgan fingerprint density at radius 2 is 1.92 bits per heavy atom. The van der Waals surface area contributed by atoms with Gasteiger partial charge in [0.15, 0.2) is 0 Å². The van der Waals surface area contributed by atoms with E-state index in [-0.39, 0.29) is 5.91 Å². The Morgan fingerprint density at radius 1 is 1.16 bits per heavy atom. The molecular weight excluding hydrogens is 354 g/mol. The largest absolute Gasteiger partial charge is 0.296 e. The summed E-state index contributed by atoms with van der Waals surface area (Å²) >= 11 is 2.85. The van der Waals surface area contributed by atoms with Gasteiger partial charge < -0.3 is 0 Å². The van der Waals surface area contributed by atoms with E-state index in [1.54, 1.807) is 0 Å². The summed E-state index contributed by atoms with van der Waals surface area (Å²) in [5.41, 5.74) is 1.89. The molecule has 1 aliphatic carbocycles. The standard InChI is InChI=1S/C17H19N5OS2/c1-7(2)15-21-22-17(25-15)20-14(23)12-8(3)11-9(4)18-13(10-5-6-10)19-16(11)24-12/h7,10H,5-6H2,1-4H3,(H,20,22,23). The summed E-state index contributed by atoms with van der Waals surface area (Å²) in [5.74, 6) is 1.56. The maximum atomic E-state index is 12.7. The van der Waals surface area contributed by atoms with Crippen molar-refractivity contribution < 1.29 is 4.79 Å². The molecule has 0 aliphatic heterocycles. The number of nitrogens with zero attached hydrogens (tertiary/aromatic N) is 4. The highest BCUT2D eigenvalue weighted by Crippen LogP contribution is 2.40. The van der Waals surface area contributed by atoms with Crippen LogP contribution in [-0.2, 0) is 0 Å². The van der Waals surface area contributed by atoms with Gasteiger partial charge in [-0.3, -0.25) is 10.1 Å². The van der Waals surface area contributed by atoms with Crippen LogP contribution in [0.4, 0.5) is 5.13 Å². The molecule has 0 saturated heterocycles. The average Bonchev–Trinajstić information content (AvgIpc) is 3.21. The summed E-state index contributed by atoms with van der Waals surface area (Å²) in [6.07, 6.45) is 2.33. The van der Waals surface area contributed by atoms with Gasteiger partial charge in [0, 0.05) is 17.2 Å². The Balaban J connectivity index is 1.66. The number of carbonyl (C=O) groups is 1. The molecule has 1 fully saturated rings. The maximum absolute atomic E-state index is 12.7. The van der Waals surface area contributed by atoms with Gasteiger partial charge in [0.2, 0.25) is 5.13 Å².